The summed E-state index contributed by atoms with van der Waals surface area (Å²) in [7, 11) is 0. The van der Waals surface area contributed by atoms with Crippen molar-refractivity contribution in [2.45, 2.75) is 24.3 Å². The smallest absolute Gasteiger partial charge is 0.295 e. The number of nitrogens with zero attached hydrogens (tertiary/aromatic N) is 2. The lowest BCUT2D eigenvalue weighted by Crippen LogP contribution is -2.15. The van der Waals surface area contributed by atoms with Crippen molar-refractivity contribution in [1.29, 1.82) is 0 Å². The molecule has 2 rings (SSSR count). The largest absolute Gasteiger partial charge is 0.466 e. The molecule has 2 aromatic rings. The summed E-state index contributed by atoms with van der Waals surface area (Å²) in [5.41, 5.74) is -0.188. The highest BCUT2D eigenvalue weighted by atomic mass is 32.2. The van der Waals surface area contributed by atoms with Crippen LogP contribution in [0.5, 0.6) is 5.19 Å². The zero-order valence-corrected chi connectivity index (χ0v) is 13.4. The number of aromatic nitrogens is 2. The standard InChI is InChI=1S/C13H13F2N3O2S2/c1-7(2)20-12-17-18-13(22-12)21-6-11(19)16-10-5-8(14)3-4-9(10)15/h3-5,7H,6H2,1-2H3,(H,16,19). The maximum Gasteiger partial charge on any atom is 0.295 e. The summed E-state index contributed by atoms with van der Waals surface area (Å²) in [5.74, 6) is -1.77. The topological polar surface area (TPSA) is 64.1 Å². The Balaban J connectivity index is 1.87. The molecule has 1 N–H and O–H groups in total. The number of hydrogen-bond acceptors (Lipinski definition) is 6. The van der Waals surface area contributed by atoms with E-state index in [1.54, 1.807) is 0 Å². The number of benzene rings is 1. The summed E-state index contributed by atoms with van der Waals surface area (Å²) >= 11 is 2.36. The normalized spacial score (nSPS) is 10.8. The maximum atomic E-state index is 13.4. The SMILES string of the molecule is CC(C)Oc1nnc(SCC(=O)Nc2cc(F)ccc2F)s1. The van der Waals surface area contributed by atoms with Crippen LogP contribution >= 0.6 is 23.1 Å². The van der Waals surface area contributed by atoms with Crippen LogP contribution in [0, 0.1) is 11.6 Å². The summed E-state index contributed by atoms with van der Waals surface area (Å²) in [6, 6.07) is 2.87. The molecule has 0 atom stereocenters. The van der Waals surface area contributed by atoms with Gasteiger partial charge in [0.25, 0.3) is 5.19 Å². The van der Waals surface area contributed by atoms with Gasteiger partial charge in [-0.3, -0.25) is 4.79 Å². The Kier molecular flexibility index (Phi) is 5.67. The highest BCUT2D eigenvalue weighted by molar-refractivity contribution is 8.01. The van der Waals surface area contributed by atoms with E-state index in [0.29, 0.717) is 9.53 Å². The van der Waals surface area contributed by atoms with Gasteiger partial charge in [0, 0.05) is 6.07 Å². The van der Waals surface area contributed by atoms with Crippen molar-refractivity contribution >= 4 is 34.7 Å². The molecule has 0 spiro atoms. The summed E-state index contributed by atoms with van der Waals surface area (Å²) in [4.78, 5) is 11.7. The maximum absolute atomic E-state index is 13.4. The van der Waals surface area contributed by atoms with E-state index in [4.69, 9.17) is 4.74 Å². The van der Waals surface area contributed by atoms with E-state index in [0.717, 1.165) is 30.0 Å². The number of hydrogen-bond donors (Lipinski definition) is 1. The quantitative estimate of drug-likeness (QED) is 0.814. The summed E-state index contributed by atoms with van der Waals surface area (Å²) in [5, 5.41) is 10.4. The van der Waals surface area contributed by atoms with Gasteiger partial charge in [-0.05, 0) is 37.3 Å². The van der Waals surface area contributed by atoms with Gasteiger partial charge in [-0.15, -0.1) is 5.10 Å². The highest BCUT2D eigenvalue weighted by Gasteiger charge is 2.12. The van der Waals surface area contributed by atoms with Gasteiger partial charge in [0.05, 0.1) is 17.5 Å². The molecule has 118 valence electrons. The van der Waals surface area contributed by atoms with Crippen LogP contribution in [0.1, 0.15) is 13.8 Å². The number of carbonyl (C=O) groups excluding carboxylic acids is 1. The first-order valence-electron chi connectivity index (χ1n) is 6.32. The molecule has 0 aliphatic heterocycles. The molecule has 1 heterocycles. The van der Waals surface area contributed by atoms with Crippen molar-refractivity contribution in [3.63, 3.8) is 0 Å². The van der Waals surface area contributed by atoms with E-state index in [1.807, 2.05) is 13.8 Å². The molecule has 0 aliphatic carbocycles. The first kappa shape index (κ1) is 16.6. The molecule has 0 unspecified atom stereocenters. The van der Waals surface area contributed by atoms with E-state index >= 15 is 0 Å². The Morgan fingerprint density at radius 1 is 1.41 bits per heavy atom. The van der Waals surface area contributed by atoms with Crippen molar-refractivity contribution in [1.82, 2.24) is 10.2 Å². The van der Waals surface area contributed by atoms with Gasteiger partial charge in [0.1, 0.15) is 11.6 Å². The zero-order chi connectivity index (χ0) is 16.1. The minimum atomic E-state index is -0.691. The monoisotopic (exact) mass is 345 g/mol. The Labute approximate surface area is 134 Å². The molecule has 22 heavy (non-hydrogen) atoms. The van der Waals surface area contributed by atoms with Gasteiger partial charge in [-0.1, -0.05) is 16.9 Å². The molecule has 0 saturated heterocycles. The van der Waals surface area contributed by atoms with E-state index in [-0.39, 0.29) is 17.5 Å². The molecule has 1 aromatic carbocycles. The predicted octanol–water partition coefficient (Wildman–Crippen LogP) is 3.33. The Hall–Kier alpha value is -1.74. The van der Waals surface area contributed by atoms with E-state index < -0.39 is 17.5 Å². The second-order valence-electron chi connectivity index (χ2n) is 4.46. The molecule has 0 radical (unpaired) electrons. The predicted molar refractivity (Wildman–Crippen MR) is 81.4 cm³/mol. The number of nitrogens with one attached hydrogen (secondary N) is 1. The summed E-state index contributed by atoms with van der Waals surface area (Å²) in [6.07, 6.45) is -0.00921. The van der Waals surface area contributed by atoms with Crippen molar-refractivity contribution < 1.29 is 18.3 Å². The molecule has 0 fully saturated rings. The number of anilines is 1. The van der Waals surface area contributed by atoms with Crippen LogP contribution in [0.2, 0.25) is 0 Å². The minimum Gasteiger partial charge on any atom is -0.466 e. The van der Waals surface area contributed by atoms with Crippen LogP contribution in [-0.2, 0) is 4.79 Å². The van der Waals surface area contributed by atoms with Crippen LogP contribution < -0.4 is 10.1 Å². The Bertz CT molecular complexity index is 664. The van der Waals surface area contributed by atoms with Crippen molar-refractivity contribution in [3.05, 3.63) is 29.8 Å². The second kappa shape index (κ2) is 7.50. The molecule has 1 aromatic heterocycles. The fourth-order valence-electron chi connectivity index (χ4n) is 1.41. The van der Waals surface area contributed by atoms with Crippen LogP contribution in [0.15, 0.2) is 22.5 Å². The summed E-state index contributed by atoms with van der Waals surface area (Å²) in [6.45, 7) is 3.74. The molecule has 0 aliphatic rings. The number of rotatable bonds is 6. The third kappa shape index (κ3) is 4.92. The van der Waals surface area contributed by atoms with Crippen LogP contribution in [0.4, 0.5) is 14.5 Å². The average Bonchev–Trinajstić information content (AvgIpc) is 2.87. The lowest BCUT2D eigenvalue weighted by atomic mass is 10.3. The van der Waals surface area contributed by atoms with Crippen molar-refractivity contribution in [2.75, 3.05) is 11.1 Å². The molecule has 5 nitrogen and oxygen atoms in total. The van der Waals surface area contributed by atoms with Crippen molar-refractivity contribution in [2.24, 2.45) is 0 Å². The highest BCUT2D eigenvalue weighted by Crippen LogP contribution is 2.27. The van der Waals surface area contributed by atoms with Crippen molar-refractivity contribution in [3.8, 4) is 5.19 Å². The fourth-order valence-corrected chi connectivity index (χ4v) is 3.02. The number of ether oxygens (including phenoxy) is 1. The summed E-state index contributed by atoms with van der Waals surface area (Å²) < 4.78 is 32.3. The lowest BCUT2D eigenvalue weighted by Gasteiger charge is -2.05. The van der Waals surface area contributed by atoms with Gasteiger partial charge in [0.15, 0.2) is 4.34 Å². The lowest BCUT2D eigenvalue weighted by molar-refractivity contribution is -0.113. The van der Waals surface area contributed by atoms with E-state index in [9.17, 15) is 13.6 Å². The zero-order valence-electron chi connectivity index (χ0n) is 11.8. The third-order valence-corrected chi connectivity index (χ3v) is 4.20. The van der Waals surface area contributed by atoms with Gasteiger partial charge in [-0.2, -0.15) is 0 Å². The first-order chi connectivity index (χ1) is 10.4. The minimum absolute atomic E-state index is 0.00622. The third-order valence-electron chi connectivity index (χ3n) is 2.25. The molecule has 0 saturated carbocycles. The average molecular weight is 345 g/mol. The number of halogens is 2. The molecular weight excluding hydrogens is 332 g/mol. The first-order valence-corrected chi connectivity index (χ1v) is 8.12. The second-order valence-corrected chi connectivity index (χ2v) is 6.62. The van der Waals surface area contributed by atoms with Crippen LogP contribution in [0.3, 0.4) is 0 Å². The number of carbonyl (C=O) groups is 1. The Morgan fingerprint density at radius 2 is 2.18 bits per heavy atom. The Morgan fingerprint density at radius 3 is 2.91 bits per heavy atom. The fraction of sp³-hybridized carbons (Fsp3) is 0.308. The van der Waals surface area contributed by atoms with Crippen LogP contribution in [0.25, 0.3) is 0 Å². The van der Waals surface area contributed by atoms with Gasteiger partial charge >= 0.3 is 0 Å². The molecular formula is C13H13F2N3O2S2. The van der Waals surface area contributed by atoms with Crippen LogP contribution in [-0.4, -0.2) is 28.0 Å². The number of thioether (sulfide) groups is 1. The molecule has 1 amide bonds. The number of amides is 1. The van der Waals surface area contributed by atoms with Gasteiger partial charge in [0.2, 0.25) is 5.91 Å². The van der Waals surface area contributed by atoms with E-state index in [2.05, 4.69) is 15.5 Å². The molecule has 9 heteroatoms. The van der Waals surface area contributed by atoms with Gasteiger partial charge < -0.3 is 10.1 Å². The van der Waals surface area contributed by atoms with E-state index in [1.165, 1.54) is 11.3 Å². The molecule has 0 bridgehead atoms. The van der Waals surface area contributed by atoms with Gasteiger partial charge in [-0.25, -0.2) is 8.78 Å².